The van der Waals surface area contributed by atoms with Crippen LogP contribution < -0.4 is 0 Å². The standard InChI is InChI=1S/C18H19BrClFN2/c19-16-4-1-14(2-5-16)12-22-7-9-23(10-8-22)13-15-3-6-18(21)17(20)11-15/h1-6,11H,7-10,12-13H2. The average molecular weight is 398 g/mol. The molecule has 23 heavy (non-hydrogen) atoms. The summed E-state index contributed by atoms with van der Waals surface area (Å²) < 4.78 is 14.3. The molecule has 1 fully saturated rings. The molecule has 1 saturated heterocycles. The van der Waals surface area contributed by atoms with Gasteiger partial charge in [0.15, 0.2) is 0 Å². The molecule has 5 heteroatoms. The van der Waals surface area contributed by atoms with E-state index in [1.807, 2.05) is 6.07 Å². The van der Waals surface area contributed by atoms with Crippen molar-refractivity contribution >= 4 is 27.5 Å². The van der Waals surface area contributed by atoms with Gasteiger partial charge < -0.3 is 0 Å². The number of piperazine rings is 1. The van der Waals surface area contributed by atoms with E-state index in [1.165, 1.54) is 11.6 Å². The second kappa shape index (κ2) is 7.75. The monoisotopic (exact) mass is 396 g/mol. The lowest BCUT2D eigenvalue weighted by Gasteiger charge is -2.34. The highest BCUT2D eigenvalue weighted by Crippen LogP contribution is 2.18. The number of benzene rings is 2. The molecular formula is C18H19BrClFN2. The molecule has 0 bridgehead atoms. The van der Waals surface area contributed by atoms with E-state index >= 15 is 0 Å². The molecule has 1 aliphatic rings. The molecule has 3 rings (SSSR count). The Labute approximate surface area is 150 Å². The van der Waals surface area contributed by atoms with Gasteiger partial charge in [-0.25, -0.2) is 4.39 Å². The summed E-state index contributed by atoms with van der Waals surface area (Å²) in [5.41, 5.74) is 2.41. The van der Waals surface area contributed by atoms with Crippen LogP contribution in [0.5, 0.6) is 0 Å². The van der Waals surface area contributed by atoms with Gasteiger partial charge in [0.05, 0.1) is 5.02 Å². The van der Waals surface area contributed by atoms with Crippen LogP contribution in [-0.4, -0.2) is 36.0 Å². The van der Waals surface area contributed by atoms with Crippen molar-refractivity contribution in [3.63, 3.8) is 0 Å². The lowest BCUT2D eigenvalue weighted by molar-refractivity contribution is 0.122. The van der Waals surface area contributed by atoms with E-state index in [2.05, 4.69) is 50.0 Å². The number of halogens is 3. The first-order chi connectivity index (χ1) is 11.1. The number of hydrogen-bond acceptors (Lipinski definition) is 2. The molecule has 0 atom stereocenters. The number of hydrogen-bond donors (Lipinski definition) is 0. The minimum atomic E-state index is -0.352. The molecule has 0 saturated carbocycles. The first kappa shape index (κ1) is 16.9. The van der Waals surface area contributed by atoms with Crippen molar-refractivity contribution in [2.75, 3.05) is 26.2 Å². The zero-order chi connectivity index (χ0) is 16.2. The Kier molecular flexibility index (Phi) is 5.70. The molecule has 2 nitrogen and oxygen atoms in total. The van der Waals surface area contributed by atoms with Crippen molar-refractivity contribution in [3.05, 3.63) is 68.9 Å². The van der Waals surface area contributed by atoms with Crippen molar-refractivity contribution in [1.29, 1.82) is 0 Å². The van der Waals surface area contributed by atoms with Crippen molar-refractivity contribution < 1.29 is 4.39 Å². The van der Waals surface area contributed by atoms with E-state index in [9.17, 15) is 4.39 Å². The second-order valence-electron chi connectivity index (χ2n) is 5.93. The Hall–Kier alpha value is -0.940. The fourth-order valence-electron chi connectivity index (χ4n) is 2.85. The van der Waals surface area contributed by atoms with E-state index in [4.69, 9.17) is 11.6 Å². The van der Waals surface area contributed by atoms with Gasteiger partial charge in [-0.05, 0) is 35.4 Å². The topological polar surface area (TPSA) is 6.48 Å². The van der Waals surface area contributed by atoms with Crippen LogP contribution in [0.25, 0.3) is 0 Å². The summed E-state index contributed by atoms with van der Waals surface area (Å²) in [5, 5.41) is 0.205. The average Bonchev–Trinajstić information content (AvgIpc) is 2.55. The van der Waals surface area contributed by atoms with Crippen molar-refractivity contribution in [3.8, 4) is 0 Å². The third kappa shape index (κ3) is 4.77. The minimum absolute atomic E-state index is 0.205. The lowest BCUT2D eigenvalue weighted by atomic mass is 10.1. The molecule has 0 unspecified atom stereocenters. The molecule has 0 spiro atoms. The highest BCUT2D eigenvalue weighted by atomic mass is 79.9. The fraction of sp³-hybridized carbons (Fsp3) is 0.333. The van der Waals surface area contributed by atoms with E-state index in [1.54, 1.807) is 6.07 Å². The molecule has 0 N–H and O–H groups in total. The van der Waals surface area contributed by atoms with Crippen LogP contribution in [0, 0.1) is 5.82 Å². The molecule has 1 heterocycles. The van der Waals surface area contributed by atoms with Crippen LogP contribution in [0.3, 0.4) is 0 Å². The van der Waals surface area contributed by atoms with E-state index < -0.39 is 0 Å². The maximum absolute atomic E-state index is 13.2. The van der Waals surface area contributed by atoms with Crippen molar-refractivity contribution in [1.82, 2.24) is 9.80 Å². The van der Waals surface area contributed by atoms with Crippen LogP contribution in [0.4, 0.5) is 4.39 Å². The highest BCUT2D eigenvalue weighted by molar-refractivity contribution is 9.10. The van der Waals surface area contributed by atoms with Gasteiger partial charge in [-0.3, -0.25) is 9.80 Å². The van der Waals surface area contributed by atoms with Gasteiger partial charge in [0.25, 0.3) is 0 Å². The Balaban J connectivity index is 1.50. The Morgan fingerprint density at radius 3 is 1.96 bits per heavy atom. The SMILES string of the molecule is Fc1ccc(CN2CCN(Cc3ccc(Br)cc3)CC2)cc1Cl. The quantitative estimate of drug-likeness (QED) is 0.746. The zero-order valence-electron chi connectivity index (χ0n) is 12.8. The van der Waals surface area contributed by atoms with E-state index in [0.29, 0.717) is 0 Å². The van der Waals surface area contributed by atoms with Gasteiger partial charge >= 0.3 is 0 Å². The fourth-order valence-corrected chi connectivity index (χ4v) is 3.32. The Morgan fingerprint density at radius 1 is 0.870 bits per heavy atom. The van der Waals surface area contributed by atoms with Crippen molar-refractivity contribution in [2.24, 2.45) is 0 Å². The predicted octanol–water partition coefficient (Wildman–Crippen LogP) is 4.56. The third-order valence-corrected chi connectivity index (χ3v) is 4.99. The molecule has 0 amide bonds. The molecule has 2 aromatic rings. The summed E-state index contributed by atoms with van der Waals surface area (Å²) in [7, 11) is 0. The molecule has 0 aliphatic carbocycles. The normalized spacial score (nSPS) is 16.7. The molecule has 122 valence electrons. The summed E-state index contributed by atoms with van der Waals surface area (Å²) in [6.45, 7) is 5.95. The van der Waals surface area contributed by atoms with E-state index in [-0.39, 0.29) is 10.8 Å². The van der Waals surface area contributed by atoms with Gasteiger partial charge in [-0.15, -0.1) is 0 Å². The van der Waals surface area contributed by atoms with Crippen LogP contribution in [0.2, 0.25) is 5.02 Å². The summed E-state index contributed by atoms with van der Waals surface area (Å²) in [6, 6.07) is 13.5. The van der Waals surface area contributed by atoms with Gasteiger partial charge in [0.2, 0.25) is 0 Å². The van der Waals surface area contributed by atoms with Gasteiger partial charge in [-0.2, -0.15) is 0 Å². The zero-order valence-corrected chi connectivity index (χ0v) is 15.2. The van der Waals surface area contributed by atoms with Crippen LogP contribution in [0.15, 0.2) is 46.9 Å². The van der Waals surface area contributed by atoms with Gasteiger partial charge in [0, 0.05) is 43.7 Å². The molecule has 0 radical (unpaired) electrons. The minimum Gasteiger partial charge on any atom is -0.297 e. The van der Waals surface area contributed by atoms with E-state index in [0.717, 1.165) is 49.3 Å². The highest BCUT2D eigenvalue weighted by Gasteiger charge is 2.17. The maximum atomic E-state index is 13.2. The predicted molar refractivity (Wildman–Crippen MR) is 96.1 cm³/mol. The Bertz CT molecular complexity index is 655. The first-order valence-electron chi connectivity index (χ1n) is 7.73. The summed E-state index contributed by atoms with van der Waals surface area (Å²) in [5.74, 6) is -0.352. The summed E-state index contributed by atoms with van der Waals surface area (Å²) >= 11 is 9.32. The molecular weight excluding hydrogens is 379 g/mol. The molecule has 0 aromatic heterocycles. The molecule has 1 aliphatic heterocycles. The summed E-state index contributed by atoms with van der Waals surface area (Å²) in [6.07, 6.45) is 0. The van der Waals surface area contributed by atoms with Crippen LogP contribution >= 0.6 is 27.5 Å². The Morgan fingerprint density at radius 2 is 1.39 bits per heavy atom. The second-order valence-corrected chi connectivity index (χ2v) is 7.25. The largest absolute Gasteiger partial charge is 0.297 e. The first-order valence-corrected chi connectivity index (χ1v) is 8.90. The lowest BCUT2D eigenvalue weighted by Crippen LogP contribution is -2.45. The summed E-state index contributed by atoms with van der Waals surface area (Å²) in [4.78, 5) is 4.86. The van der Waals surface area contributed by atoms with Crippen LogP contribution in [0.1, 0.15) is 11.1 Å². The smallest absolute Gasteiger partial charge is 0.141 e. The number of nitrogens with zero attached hydrogens (tertiary/aromatic N) is 2. The van der Waals surface area contributed by atoms with Crippen molar-refractivity contribution in [2.45, 2.75) is 13.1 Å². The third-order valence-electron chi connectivity index (χ3n) is 4.17. The van der Waals surface area contributed by atoms with Gasteiger partial charge in [-0.1, -0.05) is 45.7 Å². The maximum Gasteiger partial charge on any atom is 0.141 e. The van der Waals surface area contributed by atoms with Crippen LogP contribution in [-0.2, 0) is 13.1 Å². The number of rotatable bonds is 4. The molecule has 2 aromatic carbocycles. The van der Waals surface area contributed by atoms with Gasteiger partial charge in [0.1, 0.15) is 5.82 Å².